The molecule has 1 heteroatoms. The van der Waals surface area contributed by atoms with Gasteiger partial charge in [0.25, 0.3) is 0 Å². The van der Waals surface area contributed by atoms with Crippen LogP contribution in [-0.4, -0.2) is 4.57 Å². The van der Waals surface area contributed by atoms with Gasteiger partial charge in [0.15, 0.2) is 0 Å². The number of hydrogen-bond donors (Lipinski definition) is 0. The molecule has 0 radical (unpaired) electrons. The van der Waals surface area contributed by atoms with Crippen LogP contribution in [0.2, 0.25) is 0 Å². The van der Waals surface area contributed by atoms with E-state index in [0.717, 1.165) is 5.69 Å². The Balaban J connectivity index is 1.17. The smallest absolute Gasteiger partial charge is 0.0544 e. The summed E-state index contributed by atoms with van der Waals surface area (Å²) in [5.74, 6) is 0. The molecule has 0 saturated heterocycles. The van der Waals surface area contributed by atoms with Gasteiger partial charge in [-0.3, -0.25) is 0 Å². The van der Waals surface area contributed by atoms with Crippen LogP contribution in [0.5, 0.6) is 0 Å². The van der Waals surface area contributed by atoms with E-state index in [4.69, 9.17) is 0 Å². The topological polar surface area (TPSA) is 4.93 Å². The van der Waals surface area contributed by atoms with Crippen molar-refractivity contribution in [1.29, 1.82) is 0 Å². The van der Waals surface area contributed by atoms with Gasteiger partial charge < -0.3 is 4.57 Å². The molecule has 0 N–H and O–H groups in total. The van der Waals surface area contributed by atoms with E-state index in [9.17, 15) is 0 Å². The number of aromatic nitrogens is 1. The molecule has 13 rings (SSSR count). The fourth-order valence-corrected chi connectivity index (χ4v) is 11.1. The minimum absolute atomic E-state index is 0.112. The molecule has 1 aliphatic rings. The van der Waals surface area contributed by atoms with E-state index < -0.39 is 0 Å². The SMILES string of the molecule is CC1(C)c2ccccc2-c2cc3c4ccccc4n(-c4ccc5c(c4)c4cc(-c6ccccc6)c(-c6ccccc6)cc4c4cc(-c6ccccc6)c(-c6ccccc6)cc54)c3cc21. The lowest BCUT2D eigenvalue weighted by atomic mass is 9.82. The Hall–Kier alpha value is -8.00. The molecule has 0 spiro atoms. The predicted molar refractivity (Wildman–Crippen MR) is 273 cm³/mol. The van der Waals surface area contributed by atoms with Crippen LogP contribution in [0.4, 0.5) is 0 Å². The molecule has 64 heavy (non-hydrogen) atoms. The minimum atomic E-state index is -0.112. The van der Waals surface area contributed by atoms with Crippen LogP contribution in [0.15, 0.2) is 224 Å². The summed E-state index contributed by atoms with van der Waals surface area (Å²) in [6, 6.07) is 83.6. The van der Waals surface area contributed by atoms with Crippen LogP contribution in [0.3, 0.4) is 0 Å². The number of para-hydroxylation sites is 1. The van der Waals surface area contributed by atoms with Gasteiger partial charge in [0, 0.05) is 21.9 Å². The normalized spacial score (nSPS) is 13.0. The Labute approximate surface area is 373 Å². The Kier molecular flexibility index (Phi) is 8.02. The second-order valence-corrected chi connectivity index (χ2v) is 18.0. The number of rotatable bonds is 5. The number of hydrogen-bond acceptors (Lipinski definition) is 0. The third-order valence-electron chi connectivity index (χ3n) is 14.2. The Bertz CT molecular complexity index is 3820. The van der Waals surface area contributed by atoms with Gasteiger partial charge >= 0.3 is 0 Å². The average Bonchev–Trinajstić information content (AvgIpc) is 3.80. The molecule has 0 fully saturated rings. The zero-order valence-electron chi connectivity index (χ0n) is 35.8. The van der Waals surface area contributed by atoms with E-state index in [1.54, 1.807) is 0 Å². The van der Waals surface area contributed by atoms with Gasteiger partial charge in [-0.05, 0) is 154 Å². The lowest BCUT2D eigenvalue weighted by Crippen LogP contribution is -2.14. The monoisotopic (exact) mass is 813 g/mol. The van der Waals surface area contributed by atoms with Gasteiger partial charge in [-0.1, -0.05) is 184 Å². The first-order valence-corrected chi connectivity index (χ1v) is 22.4. The number of benzene rings is 11. The second-order valence-electron chi connectivity index (χ2n) is 18.0. The summed E-state index contributed by atoms with van der Waals surface area (Å²) in [5.41, 5.74) is 18.7. The predicted octanol–water partition coefficient (Wildman–Crippen LogP) is 17.2. The molecule has 1 nitrogen and oxygen atoms in total. The van der Waals surface area contributed by atoms with Gasteiger partial charge in [-0.15, -0.1) is 0 Å². The molecule has 0 atom stereocenters. The molecule has 0 amide bonds. The summed E-state index contributed by atoms with van der Waals surface area (Å²) < 4.78 is 2.52. The maximum Gasteiger partial charge on any atom is 0.0544 e. The molecule has 1 aromatic heterocycles. The Morgan fingerprint density at radius 2 is 0.688 bits per heavy atom. The summed E-state index contributed by atoms with van der Waals surface area (Å²) >= 11 is 0. The molecular weight excluding hydrogens is 771 g/mol. The summed E-state index contributed by atoms with van der Waals surface area (Å²) in [4.78, 5) is 0. The summed E-state index contributed by atoms with van der Waals surface area (Å²) in [6.45, 7) is 4.76. The van der Waals surface area contributed by atoms with Crippen molar-refractivity contribution in [1.82, 2.24) is 4.57 Å². The molecule has 300 valence electrons. The molecule has 0 unspecified atom stereocenters. The molecule has 0 bridgehead atoms. The highest BCUT2D eigenvalue weighted by Crippen LogP contribution is 2.52. The first-order valence-electron chi connectivity index (χ1n) is 22.4. The van der Waals surface area contributed by atoms with Gasteiger partial charge in [-0.25, -0.2) is 0 Å². The van der Waals surface area contributed by atoms with Gasteiger partial charge in [0.1, 0.15) is 0 Å². The lowest BCUT2D eigenvalue weighted by Gasteiger charge is -2.22. The number of nitrogens with zero attached hydrogens (tertiary/aromatic N) is 1. The van der Waals surface area contributed by atoms with Crippen LogP contribution in [0.1, 0.15) is 25.0 Å². The summed E-state index contributed by atoms with van der Waals surface area (Å²) in [6.07, 6.45) is 0. The van der Waals surface area contributed by atoms with Gasteiger partial charge in [0.2, 0.25) is 0 Å². The van der Waals surface area contributed by atoms with E-state index in [1.165, 1.54) is 121 Å². The third kappa shape index (κ3) is 5.44. The Morgan fingerprint density at radius 1 is 0.266 bits per heavy atom. The highest BCUT2D eigenvalue weighted by atomic mass is 15.0. The summed E-state index contributed by atoms with van der Waals surface area (Å²) in [7, 11) is 0. The van der Waals surface area contributed by atoms with Gasteiger partial charge in [-0.2, -0.15) is 0 Å². The molecular formula is C63H43N. The van der Waals surface area contributed by atoms with Crippen molar-refractivity contribution in [2.24, 2.45) is 0 Å². The Morgan fingerprint density at radius 3 is 1.22 bits per heavy atom. The van der Waals surface area contributed by atoms with Crippen LogP contribution < -0.4 is 0 Å². The standard InChI is InChI=1S/C63H43N/c1-63(2)59-29-17-15-27-46(59)57-38-58-47-28-16-18-30-61(47)64(62(58)39-60(57)63)44-31-32-45-52(33-44)54-35-49(41-21-9-4-10-22-41)51(43-25-13-6-14-26-43)37-56(54)55-36-50(42-23-11-5-12-24-42)48(34-53(45)55)40-19-7-3-8-20-40/h3-39H,1-2H3. The fraction of sp³-hybridized carbons (Fsp3) is 0.0476. The van der Waals surface area contributed by atoms with E-state index in [2.05, 4.69) is 243 Å². The van der Waals surface area contributed by atoms with Crippen molar-refractivity contribution >= 4 is 54.1 Å². The quantitative estimate of drug-likeness (QED) is 0.153. The maximum atomic E-state index is 2.52. The third-order valence-corrected chi connectivity index (χ3v) is 14.2. The van der Waals surface area contributed by atoms with E-state index in [-0.39, 0.29) is 5.41 Å². The van der Waals surface area contributed by atoms with Crippen molar-refractivity contribution in [2.45, 2.75) is 19.3 Å². The average molecular weight is 814 g/mol. The van der Waals surface area contributed by atoms with E-state index in [1.807, 2.05) is 0 Å². The molecule has 11 aromatic carbocycles. The zero-order chi connectivity index (χ0) is 42.5. The van der Waals surface area contributed by atoms with Crippen LogP contribution in [0.25, 0.3) is 115 Å². The minimum Gasteiger partial charge on any atom is -0.309 e. The van der Waals surface area contributed by atoms with Crippen molar-refractivity contribution < 1.29 is 0 Å². The van der Waals surface area contributed by atoms with Gasteiger partial charge in [0.05, 0.1) is 11.0 Å². The first kappa shape index (κ1) is 36.6. The van der Waals surface area contributed by atoms with Crippen LogP contribution in [-0.2, 0) is 5.41 Å². The maximum absolute atomic E-state index is 2.52. The summed E-state index contributed by atoms with van der Waals surface area (Å²) in [5, 5.41) is 10.0. The molecule has 0 aliphatic heterocycles. The fourth-order valence-electron chi connectivity index (χ4n) is 11.1. The molecule has 0 saturated carbocycles. The second kappa shape index (κ2) is 14.0. The first-order chi connectivity index (χ1) is 31.5. The highest BCUT2D eigenvalue weighted by molar-refractivity contribution is 6.28. The van der Waals surface area contributed by atoms with Crippen molar-refractivity contribution in [3.8, 4) is 61.3 Å². The largest absolute Gasteiger partial charge is 0.309 e. The van der Waals surface area contributed by atoms with E-state index >= 15 is 0 Å². The molecule has 1 heterocycles. The van der Waals surface area contributed by atoms with Crippen LogP contribution in [0, 0.1) is 0 Å². The zero-order valence-corrected chi connectivity index (χ0v) is 35.8. The van der Waals surface area contributed by atoms with Crippen molar-refractivity contribution in [3.63, 3.8) is 0 Å². The number of fused-ring (bicyclic) bond motifs is 12. The molecule has 1 aliphatic carbocycles. The van der Waals surface area contributed by atoms with E-state index in [0.29, 0.717) is 0 Å². The lowest BCUT2D eigenvalue weighted by molar-refractivity contribution is 0.661. The molecule has 12 aromatic rings. The van der Waals surface area contributed by atoms with Crippen LogP contribution >= 0.6 is 0 Å². The highest BCUT2D eigenvalue weighted by Gasteiger charge is 2.36. The van der Waals surface area contributed by atoms with Crippen molar-refractivity contribution in [3.05, 3.63) is 236 Å². The van der Waals surface area contributed by atoms with Crippen molar-refractivity contribution in [2.75, 3.05) is 0 Å².